The molecular weight excluding hydrogens is 170 g/mol. The molecule has 0 unspecified atom stereocenters. The van der Waals surface area contributed by atoms with Gasteiger partial charge < -0.3 is 15.1 Å². The van der Waals surface area contributed by atoms with Crippen LogP contribution < -0.4 is 0 Å². The lowest BCUT2D eigenvalue weighted by Crippen LogP contribution is -2.48. The molecule has 4 nitrogen and oxygen atoms in total. The predicted octanol–water partition coefficient (Wildman–Crippen LogP) is 0.554. The zero-order valence-electron chi connectivity index (χ0n) is 8.58. The largest absolute Gasteiger partial charge is 0.479 e. The van der Waals surface area contributed by atoms with Crippen molar-refractivity contribution in [3.8, 4) is 0 Å². The number of carboxylic acids is 1. The summed E-state index contributed by atoms with van der Waals surface area (Å²) in [5, 5.41) is 18.1. The van der Waals surface area contributed by atoms with E-state index in [1.165, 1.54) is 0 Å². The van der Waals surface area contributed by atoms with E-state index in [9.17, 15) is 9.90 Å². The lowest BCUT2D eigenvalue weighted by atomic mass is 9.92. The lowest BCUT2D eigenvalue weighted by Gasteiger charge is -2.32. The predicted molar refractivity (Wildman–Crippen MR) is 50.7 cm³/mol. The van der Waals surface area contributed by atoms with Crippen LogP contribution in [0.1, 0.15) is 26.7 Å². The van der Waals surface area contributed by atoms with Crippen molar-refractivity contribution in [3.05, 3.63) is 0 Å². The van der Waals surface area contributed by atoms with Crippen molar-refractivity contribution in [3.63, 3.8) is 0 Å². The van der Waals surface area contributed by atoms with Crippen molar-refractivity contribution >= 4 is 5.97 Å². The maximum atomic E-state index is 10.5. The van der Waals surface area contributed by atoms with E-state index in [1.807, 2.05) is 25.8 Å². The van der Waals surface area contributed by atoms with E-state index in [0.29, 0.717) is 25.9 Å². The Balaban J connectivity index is 0.000000671. The summed E-state index contributed by atoms with van der Waals surface area (Å²) in [7, 11) is 1.92. The van der Waals surface area contributed by atoms with E-state index in [0.717, 1.165) is 0 Å². The maximum absolute atomic E-state index is 10.5. The Morgan fingerprint density at radius 3 is 2.00 bits per heavy atom. The average molecular weight is 189 g/mol. The molecule has 0 amide bonds. The summed E-state index contributed by atoms with van der Waals surface area (Å²) < 4.78 is 0. The minimum Gasteiger partial charge on any atom is -0.479 e. The van der Waals surface area contributed by atoms with Crippen LogP contribution in [0, 0.1) is 0 Å². The van der Waals surface area contributed by atoms with Crippen molar-refractivity contribution < 1.29 is 15.0 Å². The molecule has 0 spiro atoms. The number of carbonyl (C=O) groups is 1. The molecule has 78 valence electrons. The van der Waals surface area contributed by atoms with Crippen LogP contribution in [0.5, 0.6) is 0 Å². The summed E-state index contributed by atoms with van der Waals surface area (Å²) in [6.45, 7) is 5.31. The van der Waals surface area contributed by atoms with Gasteiger partial charge in [-0.3, -0.25) is 0 Å². The molecule has 1 rings (SSSR count). The second-order valence-electron chi connectivity index (χ2n) is 3.14. The number of rotatable bonds is 1. The first-order valence-corrected chi connectivity index (χ1v) is 4.69. The summed E-state index contributed by atoms with van der Waals surface area (Å²) in [4.78, 5) is 12.5. The van der Waals surface area contributed by atoms with Gasteiger partial charge in [-0.25, -0.2) is 4.79 Å². The van der Waals surface area contributed by atoms with E-state index >= 15 is 0 Å². The third kappa shape index (κ3) is 3.32. The molecule has 0 bridgehead atoms. The molecule has 1 saturated heterocycles. The van der Waals surface area contributed by atoms with Gasteiger partial charge in [-0.15, -0.1) is 0 Å². The van der Waals surface area contributed by atoms with Crippen LogP contribution in [0.4, 0.5) is 0 Å². The van der Waals surface area contributed by atoms with Crippen LogP contribution in [0.15, 0.2) is 0 Å². The van der Waals surface area contributed by atoms with E-state index in [1.54, 1.807) is 0 Å². The Morgan fingerprint density at radius 2 is 1.69 bits per heavy atom. The van der Waals surface area contributed by atoms with Crippen LogP contribution in [0.2, 0.25) is 0 Å². The number of hydrogen-bond donors (Lipinski definition) is 2. The SMILES string of the molecule is CC.CN1CCC(O)(C(=O)O)CC1. The van der Waals surface area contributed by atoms with Crippen molar-refractivity contribution in [2.45, 2.75) is 32.3 Å². The van der Waals surface area contributed by atoms with E-state index in [2.05, 4.69) is 0 Å². The van der Waals surface area contributed by atoms with Crippen LogP contribution >= 0.6 is 0 Å². The number of aliphatic carboxylic acids is 1. The number of aliphatic hydroxyl groups is 1. The molecule has 1 aliphatic heterocycles. The molecule has 1 heterocycles. The Hall–Kier alpha value is -0.610. The van der Waals surface area contributed by atoms with Gasteiger partial charge in [-0.05, 0) is 19.9 Å². The van der Waals surface area contributed by atoms with E-state index < -0.39 is 11.6 Å². The number of hydrogen-bond acceptors (Lipinski definition) is 3. The molecule has 2 N–H and O–H groups in total. The number of nitrogens with zero attached hydrogens (tertiary/aromatic N) is 1. The van der Waals surface area contributed by atoms with Gasteiger partial charge in [0, 0.05) is 13.1 Å². The molecule has 0 atom stereocenters. The van der Waals surface area contributed by atoms with Crippen LogP contribution in [-0.4, -0.2) is 46.8 Å². The van der Waals surface area contributed by atoms with Crippen molar-refractivity contribution in [1.82, 2.24) is 4.90 Å². The normalized spacial score (nSPS) is 21.5. The second-order valence-corrected chi connectivity index (χ2v) is 3.14. The minimum atomic E-state index is -1.47. The van der Waals surface area contributed by atoms with Crippen LogP contribution in [-0.2, 0) is 4.79 Å². The standard InChI is InChI=1S/C7H13NO3.C2H6/c1-8-4-2-7(11,3-5-8)6(9)10;1-2/h11H,2-5H2,1H3,(H,9,10);1-2H3. The summed E-state index contributed by atoms with van der Waals surface area (Å²) in [5.74, 6) is -1.09. The van der Waals surface area contributed by atoms with Gasteiger partial charge in [0.2, 0.25) is 0 Å². The third-order valence-corrected chi connectivity index (χ3v) is 2.21. The Morgan fingerprint density at radius 1 is 1.31 bits per heavy atom. The summed E-state index contributed by atoms with van der Waals surface area (Å²) in [5.41, 5.74) is -1.47. The van der Waals surface area contributed by atoms with Gasteiger partial charge in [-0.2, -0.15) is 0 Å². The van der Waals surface area contributed by atoms with E-state index in [4.69, 9.17) is 5.11 Å². The monoisotopic (exact) mass is 189 g/mol. The molecule has 13 heavy (non-hydrogen) atoms. The first-order chi connectivity index (χ1) is 6.04. The van der Waals surface area contributed by atoms with Crippen molar-refractivity contribution in [2.75, 3.05) is 20.1 Å². The molecule has 1 fully saturated rings. The smallest absolute Gasteiger partial charge is 0.335 e. The van der Waals surface area contributed by atoms with Crippen molar-refractivity contribution in [2.24, 2.45) is 0 Å². The number of likely N-dealkylation sites (tertiary alicyclic amines) is 1. The fraction of sp³-hybridized carbons (Fsp3) is 0.889. The highest BCUT2D eigenvalue weighted by atomic mass is 16.4. The molecule has 0 aromatic heterocycles. The Labute approximate surface area is 79.2 Å². The molecule has 1 aliphatic rings. The van der Waals surface area contributed by atoms with Gasteiger partial charge in [0.05, 0.1) is 0 Å². The van der Waals surface area contributed by atoms with Gasteiger partial charge in [-0.1, -0.05) is 13.8 Å². The zero-order valence-corrected chi connectivity index (χ0v) is 8.58. The van der Waals surface area contributed by atoms with E-state index in [-0.39, 0.29) is 0 Å². The molecule has 0 aliphatic carbocycles. The van der Waals surface area contributed by atoms with Crippen LogP contribution in [0.3, 0.4) is 0 Å². The van der Waals surface area contributed by atoms with Gasteiger partial charge in [0.15, 0.2) is 5.60 Å². The van der Waals surface area contributed by atoms with Gasteiger partial charge in [0.1, 0.15) is 0 Å². The number of carboxylic acid groups (broad SMARTS) is 1. The Bertz CT molecular complexity index is 162. The summed E-state index contributed by atoms with van der Waals surface area (Å²) >= 11 is 0. The average Bonchev–Trinajstić information content (AvgIpc) is 2.14. The molecule has 0 aromatic rings. The highest BCUT2D eigenvalue weighted by Gasteiger charge is 2.38. The second kappa shape index (κ2) is 5.19. The minimum absolute atomic E-state index is 0.332. The number of piperidine rings is 1. The molecular formula is C9H19NO3. The van der Waals surface area contributed by atoms with Crippen molar-refractivity contribution in [1.29, 1.82) is 0 Å². The third-order valence-electron chi connectivity index (χ3n) is 2.21. The first-order valence-electron chi connectivity index (χ1n) is 4.69. The first kappa shape index (κ1) is 12.4. The van der Waals surface area contributed by atoms with Crippen LogP contribution in [0.25, 0.3) is 0 Å². The topological polar surface area (TPSA) is 60.8 Å². The summed E-state index contributed by atoms with van der Waals surface area (Å²) in [6.07, 6.45) is 0.664. The fourth-order valence-corrected chi connectivity index (χ4v) is 1.20. The molecule has 0 radical (unpaired) electrons. The zero-order chi connectivity index (χ0) is 10.5. The highest BCUT2D eigenvalue weighted by molar-refractivity contribution is 5.77. The van der Waals surface area contributed by atoms with Gasteiger partial charge in [0.25, 0.3) is 0 Å². The summed E-state index contributed by atoms with van der Waals surface area (Å²) in [6, 6.07) is 0. The highest BCUT2D eigenvalue weighted by Crippen LogP contribution is 2.20. The Kier molecular flexibility index (Phi) is 4.95. The lowest BCUT2D eigenvalue weighted by molar-refractivity contribution is -0.163. The maximum Gasteiger partial charge on any atom is 0.335 e. The molecule has 0 aromatic carbocycles. The quantitative estimate of drug-likeness (QED) is 0.632. The molecule has 4 heteroatoms. The van der Waals surface area contributed by atoms with Gasteiger partial charge >= 0.3 is 5.97 Å². The molecule has 0 saturated carbocycles. The fourth-order valence-electron chi connectivity index (χ4n) is 1.20.